The van der Waals surface area contributed by atoms with Crippen molar-refractivity contribution in [1.82, 2.24) is 25.5 Å². The van der Waals surface area contributed by atoms with Crippen LogP contribution >= 0.6 is 0 Å². The maximum atomic E-state index is 13.1. The van der Waals surface area contributed by atoms with Gasteiger partial charge in [-0.3, -0.25) is 0 Å². The number of methoxy groups -OCH3 is 1. The lowest BCUT2D eigenvalue weighted by Crippen LogP contribution is -2.21. The second kappa shape index (κ2) is 6.35. The molecule has 0 amide bonds. The van der Waals surface area contributed by atoms with Gasteiger partial charge < -0.3 is 10.1 Å². The van der Waals surface area contributed by atoms with Crippen molar-refractivity contribution < 1.29 is 9.13 Å². The molecule has 1 aromatic carbocycles. The highest BCUT2D eigenvalue weighted by atomic mass is 19.1. The van der Waals surface area contributed by atoms with Crippen LogP contribution in [0.25, 0.3) is 5.69 Å². The van der Waals surface area contributed by atoms with Gasteiger partial charge >= 0.3 is 0 Å². The molecule has 0 aliphatic carbocycles. The van der Waals surface area contributed by atoms with Crippen molar-refractivity contribution in [2.24, 2.45) is 0 Å². The molecule has 0 unspecified atom stereocenters. The highest BCUT2D eigenvalue weighted by molar-refractivity contribution is 5.39. The van der Waals surface area contributed by atoms with Crippen LogP contribution in [0.3, 0.4) is 0 Å². The fourth-order valence-corrected chi connectivity index (χ4v) is 1.73. The van der Waals surface area contributed by atoms with E-state index in [2.05, 4.69) is 20.8 Å². The third-order valence-electron chi connectivity index (χ3n) is 2.69. The third kappa shape index (κ3) is 3.33. The molecule has 2 rings (SSSR count). The SMILES string of the molecule is COCCNCc1nnnn1-c1ccc(F)cc1C. The minimum Gasteiger partial charge on any atom is -0.383 e. The van der Waals surface area contributed by atoms with Crippen LogP contribution in [-0.2, 0) is 11.3 Å². The Morgan fingerprint density at radius 3 is 3.00 bits per heavy atom. The number of aryl methyl sites for hydroxylation is 1. The Balaban J connectivity index is 2.14. The highest BCUT2D eigenvalue weighted by Gasteiger charge is 2.10. The van der Waals surface area contributed by atoms with E-state index in [0.717, 1.165) is 11.3 Å². The van der Waals surface area contributed by atoms with Gasteiger partial charge in [-0.05, 0) is 41.1 Å². The number of nitrogens with zero attached hydrogens (tertiary/aromatic N) is 4. The summed E-state index contributed by atoms with van der Waals surface area (Å²) in [5.74, 6) is 0.403. The lowest BCUT2D eigenvalue weighted by molar-refractivity contribution is 0.199. The van der Waals surface area contributed by atoms with Gasteiger partial charge in [-0.15, -0.1) is 5.10 Å². The lowest BCUT2D eigenvalue weighted by atomic mass is 10.2. The standard InChI is InChI=1S/C12H16FN5O/c1-9-7-10(13)3-4-11(9)18-12(15-16-17-18)8-14-5-6-19-2/h3-4,7,14H,5-6,8H2,1-2H3. The van der Waals surface area contributed by atoms with Gasteiger partial charge in [0.25, 0.3) is 0 Å². The van der Waals surface area contributed by atoms with Crippen LogP contribution in [0.4, 0.5) is 4.39 Å². The maximum absolute atomic E-state index is 13.1. The summed E-state index contributed by atoms with van der Waals surface area (Å²) in [6, 6.07) is 4.52. The number of hydrogen-bond acceptors (Lipinski definition) is 5. The van der Waals surface area contributed by atoms with Crippen LogP contribution in [0.2, 0.25) is 0 Å². The minimum absolute atomic E-state index is 0.269. The Morgan fingerprint density at radius 2 is 2.26 bits per heavy atom. The average molecular weight is 265 g/mol. The summed E-state index contributed by atoms with van der Waals surface area (Å²) in [6.07, 6.45) is 0. The topological polar surface area (TPSA) is 64.9 Å². The molecule has 1 heterocycles. The zero-order valence-corrected chi connectivity index (χ0v) is 10.9. The zero-order valence-electron chi connectivity index (χ0n) is 10.9. The number of benzene rings is 1. The van der Waals surface area contributed by atoms with E-state index in [1.165, 1.54) is 12.1 Å². The molecule has 0 spiro atoms. The Kier molecular flexibility index (Phi) is 4.53. The monoisotopic (exact) mass is 265 g/mol. The summed E-state index contributed by atoms with van der Waals surface area (Å²) in [6.45, 7) is 3.68. The maximum Gasteiger partial charge on any atom is 0.170 e. The molecule has 0 radical (unpaired) electrons. The number of hydrogen-bond donors (Lipinski definition) is 1. The second-order valence-corrected chi connectivity index (χ2v) is 4.11. The van der Waals surface area contributed by atoms with Crippen molar-refractivity contribution in [2.75, 3.05) is 20.3 Å². The summed E-state index contributed by atoms with van der Waals surface area (Å²) in [4.78, 5) is 0. The first-order chi connectivity index (χ1) is 9.22. The van der Waals surface area contributed by atoms with Gasteiger partial charge in [-0.25, -0.2) is 4.39 Å². The first-order valence-electron chi connectivity index (χ1n) is 5.96. The van der Waals surface area contributed by atoms with Crippen LogP contribution < -0.4 is 5.32 Å². The summed E-state index contributed by atoms with van der Waals surface area (Å²) >= 11 is 0. The van der Waals surface area contributed by atoms with Gasteiger partial charge in [0.1, 0.15) is 5.82 Å². The molecule has 0 atom stereocenters. The predicted molar refractivity (Wildman–Crippen MR) is 67.4 cm³/mol. The minimum atomic E-state index is -0.269. The molecule has 1 N–H and O–H groups in total. The number of nitrogens with one attached hydrogen (secondary N) is 1. The van der Waals surface area contributed by atoms with Gasteiger partial charge in [0.05, 0.1) is 18.8 Å². The molecule has 2 aromatic rings. The van der Waals surface area contributed by atoms with Crippen LogP contribution in [0.1, 0.15) is 11.4 Å². The highest BCUT2D eigenvalue weighted by Crippen LogP contribution is 2.15. The van der Waals surface area contributed by atoms with E-state index in [4.69, 9.17) is 4.74 Å². The molecule has 0 aliphatic heterocycles. The molecular weight excluding hydrogens is 249 g/mol. The van der Waals surface area contributed by atoms with Crippen LogP contribution in [-0.4, -0.2) is 40.5 Å². The van der Waals surface area contributed by atoms with Crippen molar-refractivity contribution in [3.63, 3.8) is 0 Å². The van der Waals surface area contributed by atoms with E-state index in [-0.39, 0.29) is 5.82 Å². The average Bonchev–Trinajstić information content (AvgIpc) is 2.83. The van der Waals surface area contributed by atoms with Crippen molar-refractivity contribution in [3.05, 3.63) is 35.4 Å². The van der Waals surface area contributed by atoms with Crippen molar-refractivity contribution in [2.45, 2.75) is 13.5 Å². The van der Waals surface area contributed by atoms with Crippen LogP contribution in [0.5, 0.6) is 0 Å². The van der Waals surface area contributed by atoms with E-state index < -0.39 is 0 Å². The fraction of sp³-hybridized carbons (Fsp3) is 0.417. The smallest absolute Gasteiger partial charge is 0.170 e. The van der Waals surface area contributed by atoms with Gasteiger partial charge in [0.15, 0.2) is 5.82 Å². The summed E-state index contributed by atoms with van der Waals surface area (Å²) < 4.78 is 19.6. The van der Waals surface area contributed by atoms with Crippen molar-refractivity contribution in [3.8, 4) is 5.69 Å². The zero-order chi connectivity index (χ0) is 13.7. The van der Waals surface area contributed by atoms with Crippen LogP contribution in [0.15, 0.2) is 18.2 Å². The van der Waals surface area contributed by atoms with E-state index in [1.807, 2.05) is 6.92 Å². The number of halogens is 1. The summed E-state index contributed by atoms with van der Waals surface area (Å²) in [5, 5.41) is 14.7. The Labute approximate surface area is 110 Å². The largest absolute Gasteiger partial charge is 0.383 e. The molecule has 102 valence electrons. The molecule has 0 aliphatic rings. The van der Waals surface area contributed by atoms with Gasteiger partial charge in [-0.1, -0.05) is 0 Å². The van der Waals surface area contributed by atoms with Gasteiger partial charge in [0, 0.05) is 13.7 Å². The molecule has 1 aromatic heterocycles. The van der Waals surface area contributed by atoms with Gasteiger partial charge in [0.2, 0.25) is 0 Å². The molecule has 0 saturated carbocycles. The molecule has 19 heavy (non-hydrogen) atoms. The van der Waals surface area contributed by atoms with Gasteiger partial charge in [-0.2, -0.15) is 4.68 Å². The number of aromatic nitrogens is 4. The Hall–Kier alpha value is -1.86. The van der Waals surface area contributed by atoms with E-state index in [0.29, 0.717) is 25.5 Å². The number of ether oxygens (including phenoxy) is 1. The van der Waals surface area contributed by atoms with E-state index in [1.54, 1.807) is 17.9 Å². The van der Waals surface area contributed by atoms with E-state index >= 15 is 0 Å². The summed E-state index contributed by atoms with van der Waals surface area (Å²) in [7, 11) is 1.65. The van der Waals surface area contributed by atoms with E-state index in [9.17, 15) is 4.39 Å². The normalized spacial score (nSPS) is 10.9. The third-order valence-corrected chi connectivity index (χ3v) is 2.69. The first kappa shape index (κ1) is 13.6. The number of rotatable bonds is 6. The summed E-state index contributed by atoms with van der Waals surface area (Å²) in [5.41, 5.74) is 1.56. The first-order valence-corrected chi connectivity index (χ1v) is 5.96. The molecule has 0 fully saturated rings. The molecule has 7 heteroatoms. The predicted octanol–water partition coefficient (Wildman–Crippen LogP) is 0.846. The Morgan fingerprint density at radius 1 is 1.42 bits per heavy atom. The lowest BCUT2D eigenvalue weighted by Gasteiger charge is -2.08. The van der Waals surface area contributed by atoms with Crippen molar-refractivity contribution in [1.29, 1.82) is 0 Å². The molecule has 0 saturated heterocycles. The molecule has 0 bridgehead atoms. The number of tetrazole rings is 1. The second-order valence-electron chi connectivity index (χ2n) is 4.11. The quantitative estimate of drug-likeness (QED) is 0.784. The Bertz CT molecular complexity index is 543. The van der Waals surface area contributed by atoms with Crippen molar-refractivity contribution >= 4 is 0 Å². The molecule has 6 nitrogen and oxygen atoms in total. The fourth-order valence-electron chi connectivity index (χ4n) is 1.73. The van der Waals surface area contributed by atoms with Crippen LogP contribution in [0, 0.1) is 12.7 Å². The molecular formula is C12H16FN5O.